The van der Waals surface area contributed by atoms with Gasteiger partial charge in [0, 0.05) is 32.0 Å². The topological polar surface area (TPSA) is 52.2 Å². The van der Waals surface area contributed by atoms with Crippen LogP contribution in [-0.2, 0) is 6.54 Å². The van der Waals surface area contributed by atoms with E-state index in [1.165, 1.54) is 11.1 Å². The van der Waals surface area contributed by atoms with Crippen LogP contribution in [0.4, 0.5) is 0 Å². The Balaban J connectivity index is 2.05. The highest BCUT2D eigenvalue weighted by Gasteiger charge is 2.24. The van der Waals surface area contributed by atoms with Crippen molar-refractivity contribution in [3.05, 3.63) is 35.7 Å². The van der Waals surface area contributed by atoms with Crippen LogP contribution in [-0.4, -0.2) is 39.6 Å². The number of hydrogen-bond acceptors (Lipinski definition) is 3. The van der Waals surface area contributed by atoms with Gasteiger partial charge < -0.3 is 9.67 Å². The molecule has 1 aromatic heterocycles. The van der Waals surface area contributed by atoms with Crippen LogP contribution in [0.5, 0.6) is 0 Å². The predicted octanol–water partition coefficient (Wildman–Crippen LogP) is 1.37. The molecule has 92 valence electrons. The normalized spacial score (nSPS) is 17.6. The summed E-state index contributed by atoms with van der Waals surface area (Å²) in [4.78, 5) is 2.20. The Bertz CT molecular complexity index is 442. The van der Waals surface area contributed by atoms with Gasteiger partial charge in [-0.05, 0) is 31.1 Å². The van der Waals surface area contributed by atoms with Crippen LogP contribution in [0, 0.1) is 12.3 Å². The third-order valence-electron chi connectivity index (χ3n) is 3.07. The molecule has 2 heterocycles. The fraction of sp³-hybridized carbons (Fsp3) is 0.462. The van der Waals surface area contributed by atoms with Crippen molar-refractivity contribution in [1.82, 2.24) is 9.47 Å². The van der Waals surface area contributed by atoms with E-state index in [4.69, 9.17) is 5.41 Å². The average Bonchev–Trinajstić information content (AvgIpc) is 2.59. The van der Waals surface area contributed by atoms with E-state index in [-0.39, 0.29) is 6.10 Å². The zero-order valence-electron chi connectivity index (χ0n) is 10.3. The van der Waals surface area contributed by atoms with Gasteiger partial charge in [0.2, 0.25) is 0 Å². The van der Waals surface area contributed by atoms with Crippen LogP contribution in [0.2, 0.25) is 0 Å². The number of hydrogen-bond donors (Lipinski definition) is 2. The molecule has 0 bridgehead atoms. The fourth-order valence-electron chi connectivity index (χ4n) is 2.06. The van der Waals surface area contributed by atoms with Gasteiger partial charge in [0.25, 0.3) is 0 Å². The number of aliphatic hydroxyl groups is 1. The Labute approximate surface area is 102 Å². The van der Waals surface area contributed by atoms with Crippen LogP contribution in [0.25, 0.3) is 0 Å². The van der Waals surface area contributed by atoms with E-state index in [1.54, 1.807) is 6.08 Å². The van der Waals surface area contributed by atoms with Crippen molar-refractivity contribution in [3.8, 4) is 0 Å². The van der Waals surface area contributed by atoms with Crippen LogP contribution in [0.1, 0.15) is 18.1 Å². The molecule has 0 aromatic carbocycles. The smallest absolute Gasteiger partial charge is 0.128 e. The minimum absolute atomic E-state index is 0.154. The van der Waals surface area contributed by atoms with E-state index in [9.17, 15) is 5.11 Å². The molecule has 4 nitrogen and oxygen atoms in total. The largest absolute Gasteiger partial charge is 0.390 e. The molecule has 1 aromatic rings. The maximum Gasteiger partial charge on any atom is 0.128 e. The maximum absolute atomic E-state index is 9.24. The molecule has 0 aliphatic carbocycles. The summed E-state index contributed by atoms with van der Waals surface area (Å²) in [6, 6.07) is 0. The summed E-state index contributed by atoms with van der Waals surface area (Å²) >= 11 is 0. The van der Waals surface area contributed by atoms with E-state index in [2.05, 4.69) is 11.8 Å². The lowest BCUT2D eigenvalue weighted by Crippen LogP contribution is -2.49. The Kier molecular flexibility index (Phi) is 3.45. The first kappa shape index (κ1) is 12.1. The molecule has 4 heteroatoms. The molecule has 1 aliphatic heterocycles. The Morgan fingerprint density at radius 1 is 1.53 bits per heavy atom. The second-order valence-electron chi connectivity index (χ2n) is 4.61. The van der Waals surface area contributed by atoms with Crippen molar-refractivity contribution in [2.75, 3.05) is 13.1 Å². The minimum Gasteiger partial charge on any atom is -0.390 e. The molecule has 1 fully saturated rings. The summed E-state index contributed by atoms with van der Waals surface area (Å²) < 4.78 is 1.83. The van der Waals surface area contributed by atoms with Gasteiger partial charge in [-0.2, -0.15) is 0 Å². The summed E-state index contributed by atoms with van der Waals surface area (Å²) in [7, 11) is 0. The summed E-state index contributed by atoms with van der Waals surface area (Å²) in [5, 5.41) is 17.1. The van der Waals surface area contributed by atoms with Gasteiger partial charge >= 0.3 is 0 Å². The van der Waals surface area contributed by atoms with Crippen LogP contribution in [0.3, 0.4) is 0 Å². The van der Waals surface area contributed by atoms with Gasteiger partial charge in [-0.3, -0.25) is 10.3 Å². The monoisotopic (exact) mass is 233 g/mol. The molecule has 0 atom stereocenters. The van der Waals surface area contributed by atoms with Gasteiger partial charge in [-0.25, -0.2) is 0 Å². The predicted molar refractivity (Wildman–Crippen MR) is 68.4 cm³/mol. The quantitative estimate of drug-likeness (QED) is 0.612. The van der Waals surface area contributed by atoms with E-state index >= 15 is 0 Å². The first-order chi connectivity index (χ1) is 8.10. The van der Waals surface area contributed by atoms with E-state index in [0.717, 1.165) is 19.6 Å². The van der Waals surface area contributed by atoms with Crippen LogP contribution < -0.4 is 0 Å². The second kappa shape index (κ2) is 4.85. The van der Waals surface area contributed by atoms with Gasteiger partial charge in [0.05, 0.1) is 6.10 Å². The van der Waals surface area contributed by atoms with E-state index in [0.29, 0.717) is 5.84 Å². The number of rotatable bonds is 3. The Hall–Kier alpha value is -1.39. The SMILES string of the molecule is CC=CC(=N)n1cc(C)c(CN2CC(O)C2)c1. The Morgan fingerprint density at radius 2 is 2.24 bits per heavy atom. The van der Waals surface area contributed by atoms with Crippen LogP contribution >= 0.6 is 0 Å². The van der Waals surface area contributed by atoms with Crippen molar-refractivity contribution in [3.63, 3.8) is 0 Å². The lowest BCUT2D eigenvalue weighted by atomic mass is 10.1. The fourth-order valence-corrected chi connectivity index (χ4v) is 2.06. The van der Waals surface area contributed by atoms with Crippen LogP contribution in [0.15, 0.2) is 24.5 Å². The third-order valence-corrected chi connectivity index (χ3v) is 3.07. The molecule has 2 N–H and O–H groups in total. The molecular weight excluding hydrogens is 214 g/mol. The molecule has 1 aliphatic rings. The molecule has 0 radical (unpaired) electrons. The zero-order chi connectivity index (χ0) is 12.4. The number of aromatic nitrogens is 1. The number of aryl methyl sites for hydroxylation is 1. The summed E-state index contributed by atoms with van der Waals surface area (Å²) in [6.07, 6.45) is 7.47. The van der Waals surface area contributed by atoms with Gasteiger partial charge in [-0.1, -0.05) is 6.08 Å². The highest BCUT2D eigenvalue weighted by molar-refractivity contribution is 5.92. The number of nitrogens with zero attached hydrogens (tertiary/aromatic N) is 2. The van der Waals surface area contributed by atoms with Gasteiger partial charge in [0.15, 0.2) is 0 Å². The molecule has 0 spiro atoms. The standard InChI is InChI=1S/C13H19N3O/c1-3-4-13(14)16-5-10(2)11(7-16)6-15-8-12(17)9-15/h3-5,7,12,14,17H,6,8-9H2,1-2H3. The van der Waals surface area contributed by atoms with E-state index < -0.39 is 0 Å². The number of nitrogens with one attached hydrogen (secondary N) is 1. The molecular formula is C13H19N3O. The molecule has 0 saturated carbocycles. The van der Waals surface area contributed by atoms with E-state index in [1.807, 2.05) is 30.0 Å². The Morgan fingerprint density at radius 3 is 2.82 bits per heavy atom. The first-order valence-electron chi connectivity index (χ1n) is 5.89. The number of β-amino-alcohol motifs (C(OH)–C–C–N with tert-alkyl or cyclic N) is 1. The van der Waals surface area contributed by atoms with Gasteiger partial charge in [0.1, 0.15) is 5.84 Å². The lowest BCUT2D eigenvalue weighted by Gasteiger charge is -2.35. The average molecular weight is 233 g/mol. The molecule has 0 unspecified atom stereocenters. The van der Waals surface area contributed by atoms with Gasteiger partial charge in [-0.15, -0.1) is 0 Å². The third kappa shape index (κ3) is 2.65. The lowest BCUT2D eigenvalue weighted by molar-refractivity contribution is -0.00294. The summed E-state index contributed by atoms with van der Waals surface area (Å²) in [5.41, 5.74) is 2.42. The number of allylic oxidation sites excluding steroid dienone is 2. The van der Waals surface area contributed by atoms with Crippen molar-refractivity contribution in [2.45, 2.75) is 26.5 Å². The molecule has 0 amide bonds. The maximum atomic E-state index is 9.24. The number of likely N-dealkylation sites (tertiary alicyclic amines) is 1. The van der Waals surface area contributed by atoms with Crippen molar-refractivity contribution >= 4 is 5.84 Å². The second-order valence-corrected chi connectivity index (χ2v) is 4.61. The summed E-state index contributed by atoms with van der Waals surface area (Å²) in [5.74, 6) is 0.477. The highest BCUT2D eigenvalue weighted by Crippen LogP contribution is 2.17. The molecule has 2 rings (SSSR count). The highest BCUT2D eigenvalue weighted by atomic mass is 16.3. The van der Waals surface area contributed by atoms with Crippen molar-refractivity contribution in [2.24, 2.45) is 0 Å². The first-order valence-corrected chi connectivity index (χ1v) is 5.89. The minimum atomic E-state index is -0.154. The summed E-state index contributed by atoms with van der Waals surface area (Å²) in [6.45, 7) is 6.35. The van der Waals surface area contributed by atoms with Crippen molar-refractivity contribution in [1.29, 1.82) is 5.41 Å². The zero-order valence-corrected chi connectivity index (χ0v) is 10.3. The van der Waals surface area contributed by atoms with Crippen molar-refractivity contribution < 1.29 is 5.11 Å². The molecule has 17 heavy (non-hydrogen) atoms. The molecule has 1 saturated heterocycles. The number of aliphatic hydroxyl groups excluding tert-OH is 1.